The quantitative estimate of drug-likeness (QED) is 0.764. The molecular formula is C23H24N2O4. The second-order valence-corrected chi connectivity index (χ2v) is 8.48. The van der Waals surface area contributed by atoms with E-state index in [4.69, 9.17) is 4.74 Å². The molecular weight excluding hydrogens is 368 g/mol. The number of amides is 1. The van der Waals surface area contributed by atoms with Gasteiger partial charge in [0.05, 0.1) is 18.6 Å². The third kappa shape index (κ3) is 3.54. The number of nitrogens with one attached hydrogen (secondary N) is 1. The van der Waals surface area contributed by atoms with Gasteiger partial charge in [-0.2, -0.15) is 0 Å². The lowest BCUT2D eigenvalue weighted by Gasteiger charge is -2.23. The van der Waals surface area contributed by atoms with Gasteiger partial charge in [-0.05, 0) is 42.3 Å². The van der Waals surface area contributed by atoms with Gasteiger partial charge >= 0.3 is 0 Å². The average Bonchev–Trinajstić information content (AvgIpc) is 3.29. The van der Waals surface area contributed by atoms with Crippen molar-refractivity contribution in [3.8, 4) is 5.75 Å². The third-order valence-electron chi connectivity index (χ3n) is 6.33. The van der Waals surface area contributed by atoms with Crippen LogP contribution in [0.25, 0.3) is 0 Å². The van der Waals surface area contributed by atoms with E-state index in [1.165, 1.54) is 0 Å². The molecule has 29 heavy (non-hydrogen) atoms. The van der Waals surface area contributed by atoms with E-state index in [1.54, 1.807) is 12.1 Å². The smallest absolute Gasteiger partial charge is 0.228 e. The number of anilines is 1. The molecule has 2 heterocycles. The van der Waals surface area contributed by atoms with Crippen molar-refractivity contribution in [2.45, 2.75) is 31.0 Å². The van der Waals surface area contributed by atoms with Gasteiger partial charge in [0.2, 0.25) is 5.91 Å². The van der Waals surface area contributed by atoms with E-state index in [1.807, 2.05) is 41.3 Å². The molecule has 0 aromatic heterocycles. The van der Waals surface area contributed by atoms with Gasteiger partial charge in [-0.3, -0.25) is 14.5 Å². The number of benzene rings is 2. The minimum absolute atomic E-state index is 0.00648. The standard InChI is InChI=1S/C23H24N2O4/c26-21(15-6-7-20-16(8-15)9-22(27)24-20)13-25-12-17-10-19(11-23(17,28)14-25)29-18-4-2-1-3-5-18/h1-8,17,19,28H,9-14H2,(H,24,27)/t17-,19+,23-/m1/s1. The van der Waals surface area contributed by atoms with Crippen molar-refractivity contribution in [1.82, 2.24) is 4.90 Å². The number of aliphatic hydroxyl groups is 1. The molecule has 0 bridgehead atoms. The van der Waals surface area contributed by atoms with E-state index in [-0.39, 0.29) is 30.3 Å². The number of likely N-dealkylation sites (tertiary alicyclic amines) is 1. The van der Waals surface area contributed by atoms with Gasteiger partial charge in [-0.25, -0.2) is 0 Å². The summed E-state index contributed by atoms with van der Waals surface area (Å²) in [6, 6.07) is 15.1. The minimum atomic E-state index is -0.798. The molecule has 6 heteroatoms. The monoisotopic (exact) mass is 392 g/mol. The van der Waals surface area contributed by atoms with Gasteiger partial charge in [0.15, 0.2) is 5.78 Å². The number of hydrogen-bond acceptors (Lipinski definition) is 5. The zero-order valence-corrected chi connectivity index (χ0v) is 16.1. The van der Waals surface area contributed by atoms with Crippen molar-refractivity contribution in [2.24, 2.45) is 5.92 Å². The molecule has 0 spiro atoms. The number of carbonyl (C=O) groups excluding carboxylic acids is 2. The zero-order valence-electron chi connectivity index (χ0n) is 16.1. The van der Waals surface area contributed by atoms with E-state index >= 15 is 0 Å². The van der Waals surface area contributed by atoms with Crippen molar-refractivity contribution >= 4 is 17.4 Å². The summed E-state index contributed by atoms with van der Waals surface area (Å²) < 4.78 is 6.03. The number of β-amino-alcohol motifs (C(OH)–C–C–N with tert-alkyl or cyclic N) is 1. The number of nitrogens with zero attached hydrogens (tertiary/aromatic N) is 1. The fourth-order valence-electron chi connectivity index (χ4n) is 4.98. The van der Waals surface area contributed by atoms with E-state index in [0.717, 1.165) is 23.4 Å². The van der Waals surface area contributed by atoms with Crippen molar-refractivity contribution < 1.29 is 19.4 Å². The van der Waals surface area contributed by atoms with Crippen molar-refractivity contribution in [3.63, 3.8) is 0 Å². The summed E-state index contributed by atoms with van der Waals surface area (Å²) in [6.45, 7) is 1.47. The van der Waals surface area contributed by atoms with Crippen LogP contribution in [0.4, 0.5) is 5.69 Å². The molecule has 2 aliphatic heterocycles. The molecule has 2 N–H and O–H groups in total. The first-order chi connectivity index (χ1) is 14.0. The highest BCUT2D eigenvalue weighted by Gasteiger charge is 2.52. The van der Waals surface area contributed by atoms with E-state index < -0.39 is 5.60 Å². The third-order valence-corrected chi connectivity index (χ3v) is 6.33. The van der Waals surface area contributed by atoms with E-state index in [9.17, 15) is 14.7 Å². The first-order valence-electron chi connectivity index (χ1n) is 10.1. The van der Waals surface area contributed by atoms with Crippen LogP contribution in [0.5, 0.6) is 5.75 Å². The van der Waals surface area contributed by atoms with Crippen LogP contribution < -0.4 is 10.1 Å². The maximum absolute atomic E-state index is 12.8. The van der Waals surface area contributed by atoms with Gasteiger partial charge in [-0.1, -0.05) is 18.2 Å². The summed E-state index contributed by atoms with van der Waals surface area (Å²) in [4.78, 5) is 26.3. The first kappa shape index (κ1) is 18.3. The lowest BCUT2D eigenvalue weighted by molar-refractivity contribution is -0.115. The highest BCUT2D eigenvalue weighted by Crippen LogP contribution is 2.43. The number of rotatable bonds is 5. The molecule has 150 valence electrons. The van der Waals surface area contributed by atoms with Crippen LogP contribution in [0.15, 0.2) is 48.5 Å². The molecule has 1 saturated carbocycles. The van der Waals surface area contributed by atoms with Gasteiger partial charge in [0.1, 0.15) is 11.9 Å². The Hall–Kier alpha value is -2.70. The molecule has 1 aliphatic carbocycles. The molecule has 5 rings (SSSR count). The Morgan fingerprint density at radius 3 is 2.86 bits per heavy atom. The number of para-hydroxylation sites is 1. The van der Waals surface area contributed by atoms with Gasteiger partial charge in [0.25, 0.3) is 0 Å². The lowest BCUT2D eigenvalue weighted by atomic mass is 9.95. The Kier molecular flexibility index (Phi) is 4.41. The van der Waals surface area contributed by atoms with Gasteiger partial charge < -0.3 is 15.2 Å². The summed E-state index contributed by atoms with van der Waals surface area (Å²) in [5, 5.41) is 13.9. The van der Waals surface area contributed by atoms with Crippen LogP contribution in [0.2, 0.25) is 0 Å². The van der Waals surface area contributed by atoms with Crippen LogP contribution in [-0.2, 0) is 11.2 Å². The van der Waals surface area contributed by atoms with Crippen LogP contribution in [0.1, 0.15) is 28.8 Å². The number of hydrogen-bond donors (Lipinski definition) is 2. The van der Waals surface area contributed by atoms with Crippen LogP contribution >= 0.6 is 0 Å². The summed E-state index contributed by atoms with van der Waals surface area (Å²) in [7, 11) is 0. The van der Waals surface area contributed by atoms with Crippen LogP contribution in [0, 0.1) is 5.92 Å². The van der Waals surface area contributed by atoms with E-state index in [0.29, 0.717) is 31.5 Å². The molecule has 6 nitrogen and oxygen atoms in total. The molecule has 0 radical (unpaired) electrons. The van der Waals surface area contributed by atoms with Crippen molar-refractivity contribution in [2.75, 3.05) is 25.0 Å². The number of Topliss-reactive ketones (excluding diaryl/α,β-unsaturated/α-hetero) is 1. The molecule has 0 unspecified atom stereocenters. The Labute approximate surface area is 169 Å². The Bertz CT molecular complexity index is 961. The van der Waals surface area contributed by atoms with E-state index in [2.05, 4.69) is 5.32 Å². The normalized spacial score (nSPS) is 28.1. The summed E-state index contributed by atoms with van der Waals surface area (Å²) >= 11 is 0. The number of ether oxygens (including phenoxy) is 1. The fraction of sp³-hybridized carbons (Fsp3) is 0.391. The molecule has 3 aliphatic rings. The number of carbonyl (C=O) groups is 2. The predicted octanol–water partition coefficient (Wildman–Crippen LogP) is 2.27. The van der Waals surface area contributed by atoms with Crippen LogP contribution in [0.3, 0.4) is 0 Å². The second-order valence-electron chi connectivity index (χ2n) is 8.48. The maximum Gasteiger partial charge on any atom is 0.228 e. The largest absolute Gasteiger partial charge is 0.490 e. The molecule has 3 atom stereocenters. The maximum atomic E-state index is 12.8. The Balaban J connectivity index is 1.20. The fourth-order valence-corrected chi connectivity index (χ4v) is 4.98. The predicted molar refractivity (Wildman–Crippen MR) is 108 cm³/mol. The molecule has 1 saturated heterocycles. The van der Waals surface area contributed by atoms with Gasteiger partial charge in [0, 0.05) is 36.7 Å². The average molecular weight is 392 g/mol. The lowest BCUT2D eigenvalue weighted by Crippen LogP contribution is -2.37. The molecule has 2 aromatic rings. The zero-order chi connectivity index (χ0) is 20.0. The number of ketones is 1. The Morgan fingerprint density at radius 2 is 2.07 bits per heavy atom. The summed E-state index contributed by atoms with van der Waals surface area (Å²) in [6.07, 6.45) is 1.71. The highest BCUT2D eigenvalue weighted by molar-refractivity contribution is 6.02. The minimum Gasteiger partial charge on any atom is -0.490 e. The summed E-state index contributed by atoms with van der Waals surface area (Å²) in [5.41, 5.74) is 1.49. The molecule has 2 fully saturated rings. The number of fused-ring (bicyclic) bond motifs is 2. The topological polar surface area (TPSA) is 78.9 Å². The second kappa shape index (κ2) is 6.97. The SMILES string of the molecule is O=C1Cc2cc(C(=O)CN3C[C@H]4C[C@H](Oc5ccccc5)C[C@@]4(O)C3)ccc2N1. The van der Waals surface area contributed by atoms with Crippen molar-refractivity contribution in [3.05, 3.63) is 59.7 Å². The molecule has 2 aromatic carbocycles. The van der Waals surface area contributed by atoms with Crippen LogP contribution in [-0.4, -0.2) is 53.0 Å². The summed E-state index contributed by atoms with van der Waals surface area (Å²) in [5.74, 6) is 0.933. The van der Waals surface area contributed by atoms with Gasteiger partial charge in [-0.15, -0.1) is 0 Å². The highest BCUT2D eigenvalue weighted by atomic mass is 16.5. The molecule has 1 amide bonds. The Morgan fingerprint density at radius 1 is 1.24 bits per heavy atom. The van der Waals surface area contributed by atoms with Crippen molar-refractivity contribution in [1.29, 1.82) is 0 Å². The first-order valence-corrected chi connectivity index (χ1v) is 10.1.